The van der Waals surface area contributed by atoms with Crippen molar-refractivity contribution in [1.82, 2.24) is 5.32 Å². The number of rotatable bonds is 3. The SMILES string of the molecule is CNC(=O)c1sc(N2CCC(N)C2)c(C2CC2)c1N. The molecule has 1 aliphatic carbocycles. The lowest BCUT2D eigenvalue weighted by molar-refractivity contribution is 0.0968. The third kappa shape index (κ3) is 2.19. The van der Waals surface area contributed by atoms with Gasteiger partial charge in [0, 0.05) is 31.7 Å². The first-order valence-corrected chi connectivity index (χ1v) is 7.58. The molecule has 104 valence electrons. The minimum absolute atomic E-state index is 0.0841. The molecule has 2 heterocycles. The van der Waals surface area contributed by atoms with Crippen LogP contribution in [0.3, 0.4) is 0 Å². The molecular weight excluding hydrogens is 260 g/mol. The quantitative estimate of drug-likeness (QED) is 0.774. The number of nitrogens with zero attached hydrogens (tertiary/aromatic N) is 1. The number of nitrogens with one attached hydrogen (secondary N) is 1. The number of anilines is 2. The van der Waals surface area contributed by atoms with E-state index in [0.29, 0.717) is 16.5 Å². The average Bonchev–Trinajstić information content (AvgIpc) is 3.05. The topological polar surface area (TPSA) is 84.4 Å². The van der Waals surface area contributed by atoms with Crippen LogP contribution in [-0.2, 0) is 0 Å². The van der Waals surface area contributed by atoms with Crippen molar-refractivity contribution in [2.45, 2.75) is 31.2 Å². The first kappa shape index (κ1) is 12.7. The maximum absolute atomic E-state index is 11.9. The Morgan fingerprint density at radius 2 is 2.16 bits per heavy atom. The van der Waals surface area contributed by atoms with E-state index in [1.807, 2.05) is 0 Å². The fraction of sp³-hybridized carbons (Fsp3) is 0.615. The summed E-state index contributed by atoms with van der Waals surface area (Å²) in [6, 6.07) is 0.235. The Hall–Kier alpha value is -1.27. The number of carbonyl (C=O) groups is 1. The van der Waals surface area contributed by atoms with Crippen molar-refractivity contribution in [2.24, 2.45) is 5.73 Å². The Labute approximate surface area is 116 Å². The van der Waals surface area contributed by atoms with Crippen LogP contribution in [-0.4, -0.2) is 32.1 Å². The number of nitrogens with two attached hydrogens (primary N) is 2. The van der Waals surface area contributed by atoms with Gasteiger partial charge in [-0.05, 0) is 25.2 Å². The highest BCUT2D eigenvalue weighted by Crippen LogP contribution is 2.52. The molecule has 5 nitrogen and oxygen atoms in total. The second-order valence-electron chi connectivity index (χ2n) is 5.41. The van der Waals surface area contributed by atoms with E-state index in [1.165, 1.54) is 34.7 Å². The molecule has 0 spiro atoms. The van der Waals surface area contributed by atoms with Gasteiger partial charge < -0.3 is 21.7 Å². The van der Waals surface area contributed by atoms with Crippen LogP contribution in [0.1, 0.15) is 40.4 Å². The van der Waals surface area contributed by atoms with Crippen LogP contribution in [0.15, 0.2) is 0 Å². The van der Waals surface area contributed by atoms with Crippen LogP contribution in [0.4, 0.5) is 10.7 Å². The van der Waals surface area contributed by atoms with Gasteiger partial charge in [0.05, 0.1) is 10.7 Å². The summed E-state index contributed by atoms with van der Waals surface area (Å²) in [7, 11) is 1.64. The van der Waals surface area contributed by atoms with Crippen molar-refractivity contribution >= 4 is 27.9 Å². The highest BCUT2D eigenvalue weighted by atomic mass is 32.1. The zero-order valence-electron chi connectivity index (χ0n) is 11.1. The average molecular weight is 280 g/mol. The monoisotopic (exact) mass is 280 g/mol. The van der Waals surface area contributed by atoms with Gasteiger partial charge in [-0.3, -0.25) is 4.79 Å². The molecule has 1 amide bonds. The summed E-state index contributed by atoms with van der Waals surface area (Å²) in [6.45, 7) is 1.83. The van der Waals surface area contributed by atoms with Crippen LogP contribution in [0.2, 0.25) is 0 Å². The maximum atomic E-state index is 11.9. The lowest BCUT2D eigenvalue weighted by Crippen LogP contribution is -2.26. The first-order chi connectivity index (χ1) is 9.11. The number of hydrogen-bond acceptors (Lipinski definition) is 5. The minimum Gasteiger partial charge on any atom is -0.397 e. The fourth-order valence-electron chi connectivity index (χ4n) is 2.70. The zero-order chi connectivity index (χ0) is 13.6. The third-order valence-electron chi connectivity index (χ3n) is 3.89. The molecule has 1 atom stereocenters. The number of carbonyl (C=O) groups excluding carboxylic acids is 1. The van der Waals surface area contributed by atoms with E-state index in [-0.39, 0.29) is 11.9 Å². The predicted molar refractivity (Wildman–Crippen MR) is 78.9 cm³/mol. The van der Waals surface area contributed by atoms with Crippen molar-refractivity contribution in [3.05, 3.63) is 10.4 Å². The minimum atomic E-state index is -0.0841. The Bertz CT molecular complexity index is 509. The summed E-state index contributed by atoms with van der Waals surface area (Å²) >= 11 is 1.52. The molecule has 2 fully saturated rings. The summed E-state index contributed by atoms with van der Waals surface area (Å²) in [5, 5.41) is 3.84. The highest BCUT2D eigenvalue weighted by Gasteiger charge is 2.35. The normalized spacial score (nSPS) is 22.8. The first-order valence-electron chi connectivity index (χ1n) is 6.76. The second kappa shape index (κ2) is 4.68. The van der Waals surface area contributed by atoms with Crippen LogP contribution < -0.4 is 21.7 Å². The molecular formula is C13H20N4OS. The number of amides is 1. The lowest BCUT2D eigenvalue weighted by atomic mass is 10.1. The van der Waals surface area contributed by atoms with Gasteiger partial charge in [-0.15, -0.1) is 11.3 Å². The summed E-state index contributed by atoms with van der Waals surface area (Å²) in [6.07, 6.45) is 3.37. The molecule has 1 saturated carbocycles. The van der Waals surface area contributed by atoms with Crippen molar-refractivity contribution in [2.75, 3.05) is 30.8 Å². The Kier molecular flexibility index (Phi) is 3.14. The lowest BCUT2D eigenvalue weighted by Gasteiger charge is -2.18. The Morgan fingerprint density at radius 3 is 2.68 bits per heavy atom. The van der Waals surface area contributed by atoms with E-state index >= 15 is 0 Å². The Balaban J connectivity index is 2.00. The summed E-state index contributed by atoms with van der Waals surface area (Å²) in [5.41, 5.74) is 14.1. The standard InChI is InChI=1S/C13H20N4OS/c1-16-12(18)11-10(15)9(7-2-3-7)13(19-11)17-5-4-8(14)6-17/h7-8H,2-6,14-15H2,1H3,(H,16,18). The second-order valence-corrected chi connectivity index (χ2v) is 6.41. The Morgan fingerprint density at radius 1 is 1.42 bits per heavy atom. The summed E-state index contributed by atoms with van der Waals surface area (Å²) in [5.74, 6) is 0.459. The smallest absolute Gasteiger partial charge is 0.263 e. The fourth-order valence-corrected chi connectivity index (χ4v) is 3.99. The highest BCUT2D eigenvalue weighted by molar-refractivity contribution is 7.18. The zero-order valence-corrected chi connectivity index (χ0v) is 11.9. The van der Waals surface area contributed by atoms with E-state index in [9.17, 15) is 4.79 Å². The van der Waals surface area contributed by atoms with Gasteiger partial charge in [0.1, 0.15) is 4.88 Å². The van der Waals surface area contributed by atoms with Gasteiger partial charge in [-0.25, -0.2) is 0 Å². The molecule has 1 aromatic heterocycles. The van der Waals surface area contributed by atoms with Crippen LogP contribution in [0.25, 0.3) is 0 Å². The van der Waals surface area contributed by atoms with E-state index in [0.717, 1.165) is 19.5 Å². The van der Waals surface area contributed by atoms with Crippen LogP contribution in [0.5, 0.6) is 0 Å². The van der Waals surface area contributed by atoms with Gasteiger partial charge in [0.15, 0.2) is 0 Å². The van der Waals surface area contributed by atoms with Crippen LogP contribution >= 0.6 is 11.3 Å². The molecule has 1 aliphatic heterocycles. The van der Waals surface area contributed by atoms with Gasteiger partial charge in [-0.2, -0.15) is 0 Å². The van der Waals surface area contributed by atoms with E-state index in [4.69, 9.17) is 11.5 Å². The third-order valence-corrected chi connectivity index (χ3v) is 5.18. The van der Waals surface area contributed by atoms with E-state index in [1.54, 1.807) is 7.05 Å². The van der Waals surface area contributed by atoms with Gasteiger partial charge in [0.2, 0.25) is 0 Å². The van der Waals surface area contributed by atoms with Crippen molar-refractivity contribution in [3.63, 3.8) is 0 Å². The van der Waals surface area contributed by atoms with Crippen molar-refractivity contribution in [1.29, 1.82) is 0 Å². The molecule has 1 unspecified atom stereocenters. The molecule has 2 aliphatic rings. The summed E-state index contributed by atoms with van der Waals surface area (Å²) < 4.78 is 0. The molecule has 5 N–H and O–H groups in total. The molecule has 19 heavy (non-hydrogen) atoms. The number of nitrogen functional groups attached to an aromatic ring is 1. The summed E-state index contributed by atoms with van der Waals surface area (Å²) in [4.78, 5) is 14.8. The molecule has 0 aromatic carbocycles. The van der Waals surface area contributed by atoms with Gasteiger partial charge in [-0.1, -0.05) is 0 Å². The molecule has 3 rings (SSSR count). The van der Waals surface area contributed by atoms with Crippen molar-refractivity contribution in [3.8, 4) is 0 Å². The van der Waals surface area contributed by atoms with Gasteiger partial charge in [0.25, 0.3) is 5.91 Å². The van der Waals surface area contributed by atoms with E-state index < -0.39 is 0 Å². The molecule has 0 bridgehead atoms. The molecule has 1 saturated heterocycles. The van der Waals surface area contributed by atoms with Crippen molar-refractivity contribution < 1.29 is 4.79 Å². The number of hydrogen-bond donors (Lipinski definition) is 3. The molecule has 1 aromatic rings. The van der Waals surface area contributed by atoms with Gasteiger partial charge >= 0.3 is 0 Å². The number of thiophene rings is 1. The van der Waals surface area contributed by atoms with Crippen LogP contribution in [0, 0.1) is 0 Å². The molecule has 0 radical (unpaired) electrons. The maximum Gasteiger partial charge on any atom is 0.263 e. The molecule has 6 heteroatoms. The largest absolute Gasteiger partial charge is 0.397 e. The van der Waals surface area contributed by atoms with E-state index in [2.05, 4.69) is 10.2 Å². The predicted octanol–water partition coefficient (Wildman–Crippen LogP) is 1.10.